The second-order valence-corrected chi connectivity index (χ2v) is 6.98. The molecule has 4 aromatic rings. The Labute approximate surface area is 189 Å². The third-order valence-corrected chi connectivity index (χ3v) is 4.76. The summed E-state index contributed by atoms with van der Waals surface area (Å²) in [7, 11) is 0. The van der Waals surface area contributed by atoms with Crippen LogP contribution in [-0.4, -0.2) is 26.8 Å². The van der Waals surface area contributed by atoms with Crippen molar-refractivity contribution in [3.05, 3.63) is 88.6 Å². The number of phenols is 1. The molecular formula is C24H21N3O6. The third kappa shape index (κ3) is 5.04. The average Bonchev–Trinajstić information content (AvgIpc) is 3.27. The zero-order valence-electron chi connectivity index (χ0n) is 17.7. The van der Waals surface area contributed by atoms with Crippen LogP contribution in [0.3, 0.4) is 0 Å². The Morgan fingerprint density at radius 1 is 1.00 bits per heavy atom. The van der Waals surface area contributed by atoms with E-state index in [1.165, 1.54) is 24.4 Å². The summed E-state index contributed by atoms with van der Waals surface area (Å²) < 4.78 is 17.3. The van der Waals surface area contributed by atoms with E-state index >= 15 is 0 Å². The van der Waals surface area contributed by atoms with Gasteiger partial charge in [0.25, 0.3) is 5.69 Å². The van der Waals surface area contributed by atoms with Crippen LogP contribution in [0.5, 0.6) is 28.7 Å². The van der Waals surface area contributed by atoms with Crippen LogP contribution in [-0.2, 0) is 6.61 Å². The topological polar surface area (TPSA) is 120 Å². The lowest BCUT2D eigenvalue weighted by atomic mass is 10.1. The maximum absolute atomic E-state index is 10.8. The number of non-ortho nitro benzene ring substituents is 1. The van der Waals surface area contributed by atoms with Crippen LogP contribution in [0.15, 0.2) is 72.9 Å². The highest BCUT2D eigenvalue weighted by Gasteiger charge is 2.16. The smallest absolute Gasteiger partial charge is 0.269 e. The van der Waals surface area contributed by atoms with Crippen molar-refractivity contribution in [3.8, 4) is 40.0 Å². The predicted octanol–water partition coefficient (Wildman–Crippen LogP) is 5.46. The molecule has 168 valence electrons. The van der Waals surface area contributed by atoms with Crippen molar-refractivity contribution in [2.24, 2.45) is 0 Å². The molecule has 0 aliphatic heterocycles. The number of aromatic amines is 1. The third-order valence-electron chi connectivity index (χ3n) is 4.76. The number of benzene rings is 3. The summed E-state index contributed by atoms with van der Waals surface area (Å²) >= 11 is 0. The predicted molar refractivity (Wildman–Crippen MR) is 121 cm³/mol. The van der Waals surface area contributed by atoms with Gasteiger partial charge in [0.2, 0.25) is 0 Å². The maximum atomic E-state index is 10.8. The molecule has 0 aliphatic rings. The normalized spacial score (nSPS) is 10.6. The van der Waals surface area contributed by atoms with Crippen LogP contribution in [0.1, 0.15) is 12.5 Å². The van der Waals surface area contributed by atoms with Gasteiger partial charge in [-0.05, 0) is 48.9 Å². The fourth-order valence-corrected chi connectivity index (χ4v) is 3.17. The highest BCUT2D eigenvalue weighted by molar-refractivity contribution is 5.73. The molecule has 0 spiro atoms. The minimum Gasteiger partial charge on any atom is -0.507 e. The van der Waals surface area contributed by atoms with Crippen LogP contribution < -0.4 is 14.2 Å². The summed E-state index contributed by atoms with van der Waals surface area (Å²) in [6, 6.07) is 18.3. The van der Waals surface area contributed by atoms with Crippen molar-refractivity contribution in [2.45, 2.75) is 13.5 Å². The summed E-state index contributed by atoms with van der Waals surface area (Å²) in [4.78, 5) is 10.3. The van der Waals surface area contributed by atoms with Gasteiger partial charge >= 0.3 is 0 Å². The Morgan fingerprint density at radius 2 is 1.76 bits per heavy atom. The molecule has 0 unspecified atom stereocenters. The quantitative estimate of drug-likeness (QED) is 0.258. The fourth-order valence-electron chi connectivity index (χ4n) is 3.17. The first-order valence-electron chi connectivity index (χ1n) is 10.2. The number of nitrogens with one attached hydrogen (secondary N) is 1. The summed E-state index contributed by atoms with van der Waals surface area (Å²) in [6.07, 6.45) is 1.52. The number of nitro benzene ring substituents is 1. The van der Waals surface area contributed by atoms with Crippen LogP contribution in [0, 0.1) is 10.1 Å². The number of aromatic hydroxyl groups is 1. The molecule has 4 rings (SSSR count). The Bertz CT molecular complexity index is 1250. The van der Waals surface area contributed by atoms with Crippen molar-refractivity contribution in [2.75, 3.05) is 6.61 Å². The summed E-state index contributed by atoms with van der Waals surface area (Å²) in [5.41, 5.74) is 1.77. The first-order valence-corrected chi connectivity index (χ1v) is 10.2. The lowest BCUT2D eigenvalue weighted by Gasteiger charge is -2.12. The molecule has 0 atom stereocenters. The van der Waals surface area contributed by atoms with Gasteiger partial charge in [0.1, 0.15) is 23.8 Å². The number of nitro groups is 1. The summed E-state index contributed by atoms with van der Waals surface area (Å²) in [6.45, 7) is 2.59. The lowest BCUT2D eigenvalue weighted by Crippen LogP contribution is -1.96. The number of hydrogen-bond donors (Lipinski definition) is 2. The molecule has 33 heavy (non-hydrogen) atoms. The molecule has 1 aromatic heterocycles. The Morgan fingerprint density at radius 3 is 2.45 bits per heavy atom. The number of nitrogens with zero attached hydrogens (tertiary/aromatic N) is 2. The molecule has 0 amide bonds. The maximum Gasteiger partial charge on any atom is 0.269 e. The van der Waals surface area contributed by atoms with Crippen LogP contribution in [0.25, 0.3) is 11.3 Å². The van der Waals surface area contributed by atoms with Crippen LogP contribution >= 0.6 is 0 Å². The fraction of sp³-hybridized carbons (Fsp3) is 0.125. The molecule has 0 fully saturated rings. The number of phenolic OH excluding ortho intramolecular Hbond substituents is 1. The van der Waals surface area contributed by atoms with Crippen molar-refractivity contribution < 1.29 is 24.2 Å². The molecule has 0 aliphatic carbocycles. The van der Waals surface area contributed by atoms with Crippen molar-refractivity contribution in [1.29, 1.82) is 0 Å². The van der Waals surface area contributed by atoms with E-state index in [9.17, 15) is 15.2 Å². The molecule has 0 bridgehead atoms. The number of H-pyrrole nitrogens is 1. The van der Waals surface area contributed by atoms with E-state index in [1.807, 2.05) is 25.1 Å². The van der Waals surface area contributed by atoms with Gasteiger partial charge < -0.3 is 19.3 Å². The van der Waals surface area contributed by atoms with Gasteiger partial charge in [0, 0.05) is 23.8 Å². The Balaban J connectivity index is 1.49. The Kier molecular flexibility index (Phi) is 6.40. The molecule has 9 heteroatoms. The van der Waals surface area contributed by atoms with E-state index in [4.69, 9.17) is 14.2 Å². The molecule has 9 nitrogen and oxygen atoms in total. The molecule has 0 radical (unpaired) electrons. The van der Waals surface area contributed by atoms with Crippen molar-refractivity contribution in [3.63, 3.8) is 0 Å². The highest BCUT2D eigenvalue weighted by Crippen LogP contribution is 2.40. The van der Waals surface area contributed by atoms with Gasteiger partial charge in [-0.1, -0.05) is 12.1 Å². The van der Waals surface area contributed by atoms with Gasteiger partial charge in [0.15, 0.2) is 17.2 Å². The van der Waals surface area contributed by atoms with Crippen LogP contribution in [0.4, 0.5) is 5.69 Å². The molecule has 2 N–H and O–H groups in total. The number of para-hydroxylation sites is 2. The standard InChI is InChI=1S/C24H21N3O6/c1-2-31-21-5-3-4-6-22(21)33-23-14-25-26-24(23)19-12-11-18(13-20(19)28)32-15-16-7-9-17(10-8-16)27(29)30/h3-14,28H,2,15H2,1H3,(H,25,26). The van der Waals surface area contributed by atoms with Gasteiger partial charge in [-0.15, -0.1) is 0 Å². The van der Waals surface area contributed by atoms with Crippen LogP contribution in [0.2, 0.25) is 0 Å². The molecule has 1 heterocycles. The summed E-state index contributed by atoms with van der Waals surface area (Å²) in [5.74, 6) is 1.98. The largest absolute Gasteiger partial charge is 0.507 e. The number of aromatic nitrogens is 2. The molecule has 0 saturated carbocycles. The monoisotopic (exact) mass is 447 g/mol. The summed E-state index contributed by atoms with van der Waals surface area (Å²) in [5, 5.41) is 28.3. The SMILES string of the molecule is CCOc1ccccc1Oc1cn[nH]c1-c1ccc(OCc2ccc([N+](=O)[O-])cc2)cc1O. The molecule has 3 aromatic carbocycles. The molecular weight excluding hydrogens is 426 g/mol. The lowest BCUT2D eigenvalue weighted by molar-refractivity contribution is -0.384. The number of rotatable bonds is 9. The van der Waals surface area contributed by atoms with E-state index in [0.29, 0.717) is 40.9 Å². The first-order chi connectivity index (χ1) is 16.0. The zero-order chi connectivity index (χ0) is 23.2. The average molecular weight is 447 g/mol. The molecule has 0 saturated heterocycles. The van der Waals surface area contributed by atoms with Gasteiger partial charge in [-0.3, -0.25) is 15.2 Å². The second kappa shape index (κ2) is 9.73. The minimum atomic E-state index is -0.454. The first kappa shape index (κ1) is 21.7. The van der Waals surface area contributed by atoms with Gasteiger partial charge in [-0.25, -0.2) is 0 Å². The van der Waals surface area contributed by atoms with Gasteiger partial charge in [-0.2, -0.15) is 5.10 Å². The zero-order valence-corrected chi connectivity index (χ0v) is 17.7. The minimum absolute atomic E-state index is 0.0159. The Hall–Kier alpha value is -4.53. The van der Waals surface area contributed by atoms with E-state index in [2.05, 4.69) is 10.2 Å². The van der Waals surface area contributed by atoms with Crippen molar-refractivity contribution in [1.82, 2.24) is 10.2 Å². The van der Waals surface area contributed by atoms with Gasteiger partial charge in [0.05, 0.1) is 17.7 Å². The van der Waals surface area contributed by atoms with E-state index in [1.54, 1.807) is 30.3 Å². The van der Waals surface area contributed by atoms with E-state index < -0.39 is 4.92 Å². The van der Waals surface area contributed by atoms with E-state index in [0.717, 1.165) is 5.56 Å². The number of hydrogen-bond acceptors (Lipinski definition) is 7. The second-order valence-electron chi connectivity index (χ2n) is 6.98. The van der Waals surface area contributed by atoms with Crippen molar-refractivity contribution >= 4 is 5.69 Å². The van der Waals surface area contributed by atoms with E-state index in [-0.39, 0.29) is 18.0 Å². The number of ether oxygens (including phenoxy) is 3. The highest BCUT2D eigenvalue weighted by atomic mass is 16.6.